The number of halogens is 2. The molecule has 15 aromatic rings. The number of hydrogen-bond donors (Lipinski definition) is 4. The molecule has 5 saturated heterocycles. The number of nitrogens with zero attached hydrogens (tertiary/aromatic N) is 22. The molecule has 0 atom stereocenters. The zero-order valence-corrected chi connectivity index (χ0v) is 80.7. The predicted molar refractivity (Wildman–Crippen MR) is 534 cm³/mol. The van der Waals surface area contributed by atoms with Crippen LogP contribution in [-0.4, -0.2) is 254 Å². The number of anilines is 5. The summed E-state index contributed by atoms with van der Waals surface area (Å²) in [6, 6.07) is 64.1. The number of rotatable bonds is 15. The highest BCUT2D eigenvalue weighted by molar-refractivity contribution is 7.89. The van der Waals surface area contributed by atoms with Crippen LogP contribution >= 0.6 is 23.2 Å². The van der Waals surface area contributed by atoms with Crippen molar-refractivity contribution < 1.29 is 36.0 Å². The van der Waals surface area contributed by atoms with Crippen molar-refractivity contribution in [2.75, 3.05) is 143 Å². The Kier molecular flexibility index (Phi) is 29.2. The van der Waals surface area contributed by atoms with E-state index in [1.807, 2.05) is 226 Å². The van der Waals surface area contributed by atoms with Gasteiger partial charge in [-0.3, -0.25) is 4.79 Å². The monoisotopic (exact) mass is 1900 g/mol. The zero-order valence-electron chi connectivity index (χ0n) is 77.5. The van der Waals surface area contributed by atoms with Gasteiger partial charge in [0.05, 0.1) is 84.8 Å². The van der Waals surface area contributed by atoms with Crippen LogP contribution in [0.2, 0.25) is 10.0 Å². The Bertz CT molecular complexity index is 6710. The lowest BCUT2D eigenvalue weighted by Gasteiger charge is -2.35. The maximum Gasteiger partial charge on any atom is 0.409 e. The lowest BCUT2D eigenvalue weighted by Crippen LogP contribution is -2.51. The molecule has 0 aliphatic carbocycles. The first kappa shape index (κ1) is 94.8. The number of benzene rings is 5. The molecule has 5 aliphatic heterocycles. The molecule has 5 aromatic carbocycles. The summed E-state index contributed by atoms with van der Waals surface area (Å²) in [7, 11) is 6.70. The molecule has 0 saturated carbocycles. The van der Waals surface area contributed by atoms with Crippen LogP contribution in [-0.2, 0) is 64.8 Å². The fraction of sp³-hybridized carbons (Fsp3) is 0.351. The Hall–Kier alpha value is -13.4. The van der Waals surface area contributed by atoms with Gasteiger partial charge >= 0.3 is 12.1 Å². The van der Waals surface area contributed by atoms with Crippen molar-refractivity contribution in [3.8, 4) is 57.6 Å². The molecule has 34 nitrogen and oxygen atoms in total. The average molecular weight is 1910 g/mol. The third kappa shape index (κ3) is 22.2. The Morgan fingerprint density at radius 1 is 0.348 bits per heavy atom. The van der Waals surface area contributed by atoms with Gasteiger partial charge in [0.2, 0.25) is 26.0 Å². The molecule has 5 fully saturated rings. The Morgan fingerprint density at radius 3 is 0.978 bits per heavy atom. The van der Waals surface area contributed by atoms with E-state index in [-0.39, 0.29) is 36.2 Å². The molecule has 38 heteroatoms. The van der Waals surface area contributed by atoms with E-state index in [2.05, 4.69) is 82.5 Å². The molecule has 0 bridgehead atoms. The van der Waals surface area contributed by atoms with Gasteiger partial charge < -0.3 is 72.5 Å². The number of carbonyl (C=O) groups excluding carboxylic acids is 3. The fourth-order valence-corrected chi connectivity index (χ4v) is 19.9. The number of piperazine rings is 2. The van der Waals surface area contributed by atoms with E-state index < -0.39 is 20.0 Å². The van der Waals surface area contributed by atoms with Crippen molar-refractivity contribution in [2.45, 2.75) is 70.5 Å². The first-order valence-electron chi connectivity index (χ1n) is 45.1. The maximum absolute atomic E-state index is 11.7. The van der Waals surface area contributed by atoms with Gasteiger partial charge in [0.25, 0.3) is 0 Å². The van der Waals surface area contributed by atoms with Crippen LogP contribution in [0.4, 0.5) is 38.7 Å². The fourth-order valence-electron chi connectivity index (χ4n) is 17.9. The molecule has 135 heavy (non-hydrogen) atoms. The topological polar surface area (TPSA) is 353 Å². The summed E-state index contributed by atoms with van der Waals surface area (Å²) in [5.41, 5.74) is 15.0. The number of ether oxygens (including phenoxy) is 1. The van der Waals surface area contributed by atoms with Crippen molar-refractivity contribution in [1.82, 2.24) is 103 Å². The lowest BCUT2D eigenvalue weighted by molar-refractivity contribution is -0.119. The first-order chi connectivity index (χ1) is 65.0. The standard InChI is InChI=1S/C20H22ClN5O.C20H25N5O2S.C19H22ClN5O2S.C19H22N6O.C19H21N5O2/c1-13(27)22-14-9-11-26(12-10-14)18-8-7-15(21)19(24-18)20-23-16-5-3-4-6-17(16)25(20)2;1-14-8-9-18(25-12-10-15(11-13-25)23-28(3,26)27)22-19(14)20-21-16-6-4-5-7-17(16)24(20)2;1-24-16-6-4-3-5-15(16)21-19(24)18-14(20)7-8-17(22-18)25-11-9-13(10-12-25)23-28(2,26)27;1-20-19(26)25-12-10-24(11-13-25)17-9-5-7-15(21-17)18-22-14-6-3-4-8-16(14)23(18)2;1-22-16-8-4-3-6-14(16)21-18(22)15-7-5-9-17(20-15)23-10-12-24(13-11-23)19(25)26-2/h3-8,14H,9-12H2,1-2H3,(H,22,27);4-9,15,23H,10-13H2,1-3H3;3-8,13,23H,9-12H2,1-2H3;3-9H,10-13H2,1-2H3,(H,20,26);3-9H,10-13H2,1-2H3. The van der Waals surface area contributed by atoms with Crippen LogP contribution in [0.15, 0.2) is 194 Å². The van der Waals surface area contributed by atoms with Crippen LogP contribution in [0.25, 0.3) is 113 Å². The van der Waals surface area contributed by atoms with E-state index >= 15 is 0 Å². The smallest absolute Gasteiger partial charge is 0.409 e. The molecular weight excluding hydrogens is 1790 g/mol. The largest absolute Gasteiger partial charge is 0.453 e. The molecule has 4 amide bonds. The van der Waals surface area contributed by atoms with Crippen molar-refractivity contribution in [1.29, 1.82) is 0 Å². The normalized spacial score (nSPS) is 15.4. The summed E-state index contributed by atoms with van der Waals surface area (Å²) >= 11 is 12.9. The van der Waals surface area contributed by atoms with E-state index in [1.165, 1.54) is 19.6 Å². The number of pyridine rings is 5. The van der Waals surface area contributed by atoms with Crippen LogP contribution in [0.5, 0.6) is 0 Å². The van der Waals surface area contributed by atoms with Gasteiger partial charge in [-0.05, 0) is 166 Å². The van der Waals surface area contributed by atoms with E-state index in [1.54, 1.807) is 18.9 Å². The number of aryl methyl sites for hydroxylation is 6. The van der Waals surface area contributed by atoms with Crippen molar-refractivity contribution >= 4 is 146 Å². The molecular formula is C97H112Cl2N26O8S2. The molecule has 0 radical (unpaired) electrons. The number of piperidine rings is 3. The highest BCUT2D eigenvalue weighted by Gasteiger charge is 2.31. The number of fused-ring (bicyclic) bond motifs is 5. The third-order valence-electron chi connectivity index (χ3n) is 25.0. The van der Waals surface area contributed by atoms with E-state index in [4.69, 9.17) is 77.8 Å². The van der Waals surface area contributed by atoms with Crippen molar-refractivity contribution in [3.63, 3.8) is 0 Å². The van der Waals surface area contributed by atoms with Crippen LogP contribution in [0, 0.1) is 6.92 Å². The molecule has 20 rings (SSSR count). The van der Waals surface area contributed by atoms with Gasteiger partial charge in [0, 0.05) is 159 Å². The maximum atomic E-state index is 11.7. The summed E-state index contributed by atoms with van der Waals surface area (Å²) in [6.07, 6.45) is 6.96. The molecule has 704 valence electrons. The molecule has 10 aromatic heterocycles. The number of methoxy groups -OCH3 is 1. The van der Waals surface area contributed by atoms with Crippen molar-refractivity contribution in [2.24, 2.45) is 35.2 Å². The number of hydrogen-bond acceptors (Lipinski definition) is 23. The molecule has 0 unspecified atom stereocenters. The highest BCUT2D eigenvalue weighted by atomic mass is 35.5. The number of imidazole rings is 5. The third-order valence-corrected chi connectivity index (χ3v) is 27.1. The lowest BCUT2D eigenvalue weighted by atomic mass is 10.1. The number of aromatic nitrogens is 15. The number of para-hydroxylation sites is 10. The molecule has 15 heterocycles. The second-order valence-corrected chi connectivity index (χ2v) is 38.6. The molecule has 5 aliphatic rings. The van der Waals surface area contributed by atoms with Gasteiger partial charge in [-0.25, -0.2) is 85.7 Å². The number of sulfonamides is 2. The number of carbonyl (C=O) groups is 3. The number of amides is 4. The summed E-state index contributed by atoms with van der Waals surface area (Å²) in [5.74, 6) is 8.52. The first-order valence-corrected chi connectivity index (χ1v) is 49.6. The van der Waals surface area contributed by atoms with E-state index in [0.29, 0.717) is 47.6 Å². The van der Waals surface area contributed by atoms with Gasteiger partial charge in [-0.2, -0.15) is 0 Å². The minimum Gasteiger partial charge on any atom is -0.453 e. The average Bonchev–Trinajstić information content (AvgIpc) is 1.46. The van der Waals surface area contributed by atoms with Crippen molar-refractivity contribution in [3.05, 3.63) is 210 Å². The summed E-state index contributed by atoms with van der Waals surface area (Å²) in [6.45, 7) is 13.9. The van der Waals surface area contributed by atoms with Gasteiger partial charge in [-0.1, -0.05) is 102 Å². The number of nitrogens with one attached hydrogen (secondary N) is 4. The summed E-state index contributed by atoms with van der Waals surface area (Å²) in [4.78, 5) is 97.1. The highest BCUT2D eigenvalue weighted by Crippen LogP contribution is 2.36. The second kappa shape index (κ2) is 41.6. The predicted octanol–water partition coefficient (Wildman–Crippen LogP) is 13.3. The van der Waals surface area contributed by atoms with Crippen LogP contribution in [0.1, 0.15) is 51.0 Å². The summed E-state index contributed by atoms with van der Waals surface area (Å²) < 4.78 is 66.2. The minimum atomic E-state index is -3.18. The Morgan fingerprint density at radius 2 is 0.644 bits per heavy atom. The molecule has 0 spiro atoms. The quantitative estimate of drug-likeness (QED) is 0.0740. The van der Waals surface area contributed by atoms with Gasteiger partial charge in [-0.15, -0.1) is 0 Å². The van der Waals surface area contributed by atoms with Gasteiger partial charge in [0.1, 0.15) is 57.6 Å². The van der Waals surface area contributed by atoms with Crippen LogP contribution < -0.4 is 44.6 Å². The SMILES string of the molecule is CC(=O)NC1CCN(c2ccc(Cl)c(-c3nc4ccccc4n3C)n2)CC1.CNC(=O)N1CCN(c2cccc(-c3nc4ccccc4n3C)n2)CC1.COC(=O)N1CCN(c2cccc(-c3nc4ccccc4n3C)n2)CC1.Cc1ccc(N2CCC(NS(C)(=O)=O)CC2)nc1-c1nc2ccccc2n1C.Cn1c(-c2nc(N3CCC(NS(C)(=O)=O)CC3)ccc2Cl)nc2ccccc21. The van der Waals surface area contributed by atoms with Crippen LogP contribution in [0.3, 0.4) is 0 Å². The van der Waals surface area contributed by atoms with Gasteiger partial charge in [0.15, 0.2) is 29.1 Å². The second-order valence-electron chi connectivity index (χ2n) is 34.3. The minimum absolute atomic E-state index is 0.00370. The Labute approximate surface area is 794 Å². The number of urea groups is 1. The van der Waals surface area contributed by atoms with E-state index in [9.17, 15) is 31.2 Å². The molecule has 4 N–H and O–H groups in total. The van der Waals surface area contributed by atoms with E-state index in [0.717, 1.165) is 240 Å². The summed E-state index contributed by atoms with van der Waals surface area (Å²) in [5, 5.41) is 6.82. The Balaban J connectivity index is 0.000000123. The zero-order chi connectivity index (χ0) is 94.9.